The van der Waals surface area contributed by atoms with Crippen molar-refractivity contribution in [3.63, 3.8) is 0 Å². The lowest BCUT2D eigenvalue weighted by Crippen LogP contribution is -2.42. The van der Waals surface area contributed by atoms with Gasteiger partial charge in [-0.05, 0) is 26.7 Å². The Morgan fingerprint density at radius 2 is 2.06 bits per heavy atom. The number of hydrogen-bond donors (Lipinski definition) is 2. The van der Waals surface area contributed by atoms with Gasteiger partial charge in [0.2, 0.25) is 5.91 Å². The number of nitrogens with one attached hydrogen (secondary N) is 1. The predicted molar refractivity (Wildman–Crippen MR) is 62.6 cm³/mol. The Labute approximate surface area is 102 Å². The van der Waals surface area contributed by atoms with Crippen molar-refractivity contribution >= 4 is 11.9 Å². The minimum absolute atomic E-state index is 0.0718. The minimum Gasteiger partial charge on any atom is -0.481 e. The molecule has 0 heterocycles. The maximum Gasteiger partial charge on any atom is 0.307 e. The third-order valence-corrected chi connectivity index (χ3v) is 3.13. The van der Waals surface area contributed by atoms with Crippen LogP contribution in [0.4, 0.5) is 0 Å². The molecule has 0 bridgehead atoms. The number of carbonyl (C=O) groups is 2. The first-order valence-corrected chi connectivity index (χ1v) is 6.17. The quantitative estimate of drug-likeness (QED) is 0.730. The van der Waals surface area contributed by atoms with Crippen molar-refractivity contribution < 1.29 is 19.4 Å². The van der Waals surface area contributed by atoms with E-state index in [1.54, 1.807) is 0 Å². The lowest BCUT2D eigenvalue weighted by molar-refractivity contribution is -0.146. The van der Waals surface area contributed by atoms with Crippen molar-refractivity contribution in [1.29, 1.82) is 0 Å². The first-order chi connectivity index (χ1) is 8.06. The van der Waals surface area contributed by atoms with Crippen LogP contribution in [0.1, 0.15) is 33.1 Å². The molecule has 0 aromatic carbocycles. The summed E-state index contributed by atoms with van der Waals surface area (Å²) in [5.41, 5.74) is 0. The molecular weight excluding hydrogens is 222 g/mol. The van der Waals surface area contributed by atoms with Gasteiger partial charge in [-0.1, -0.05) is 6.42 Å². The minimum atomic E-state index is -0.861. The molecular formula is C12H21NO4. The van der Waals surface area contributed by atoms with Crippen molar-refractivity contribution in [2.75, 3.05) is 13.2 Å². The Hall–Kier alpha value is -1.10. The molecule has 0 saturated heterocycles. The molecule has 1 amide bonds. The van der Waals surface area contributed by atoms with Crippen molar-refractivity contribution in [3.8, 4) is 0 Å². The molecule has 5 heteroatoms. The maximum atomic E-state index is 11.9. The highest BCUT2D eigenvalue weighted by atomic mass is 16.5. The normalized spacial score (nSPS) is 25.5. The van der Waals surface area contributed by atoms with Crippen LogP contribution in [0.2, 0.25) is 0 Å². The number of amides is 1. The van der Waals surface area contributed by atoms with Gasteiger partial charge in [-0.15, -0.1) is 0 Å². The van der Waals surface area contributed by atoms with E-state index in [4.69, 9.17) is 9.84 Å². The summed E-state index contributed by atoms with van der Waals surface area (Å²) in [6.07, 6.45) is 2.09. The summed E-state index contributed by atoms with van der Waals surface area (Å²) >= 11 is 0. The SMILES string of the molecule is CCOCC(C)NC(=O)C1CCCC1C(=O)O. The number of aliphatic carboxylic acids is 1. The molecule has 0 aromatic rings. The Morgan fingerprint density at radius 3 is 2.65 bits per heavy atom. The Morgan fingerprint density at radius 1 is 1.41 bits per heavy atom. The van der Waals surface area contributed by atoms with E-state index in [9.17, 15) is 9.59 Å². The second kappa shape index (κ2) is 6.59. The van der Waals surface area contributed by atoms with Gasteiger partial charge in [0.15, 0.2) is 0 Å². The summed E-state index contributed by atoms with van der Waals surface area (Å²) in [6.45, 7) is 4.83. The first kappa shape index (κ1) is 14.0. The zero-order chi connectivity index (χ0) is 12.8. The molecule has 3 unspecified atom stereocenters. The topological polar surface area (TPSA) is 75.6 Å². The monoisotopic (exact) mass is 243 g/mol. The van der Waals surface area contributed by atoms with Gasteiger partial charge in [0.1, 0.15) is 0 Å². The Balaban J connectivity index is 2.43. The van der Waals surface area contributed by atoms with Crippen LogP contribution in [-0.2, 0) is 14.3 Å². The molecule has 3 atom stereocenters. The van der Waals surface area contributed by atoms with Crippen LogP contribution in [0.25, 0.3) is 0 Å². The lowest BCUT2D eigenvalue weighted by Gasteiger charge is -2.19. The predicted octanol–water partition coefficient (Wildman–Crippen LogP) is 1.03. The van der Waals surface area contributed by atoms with Crippen molar-refractivity contribution in [1.82, 2.24) is 5.32 Å². The van der Waals surface area contributed by atoms with Crippen molar-refractivity contribution in [2.45, 2.75) is 39.2 Å². The zero-order valence-electron chi connectivity index (χ0n) is 10.4. The summed E-state index contributed by atoms with van der Waals surface area (Å²) in [4.78, 5) is 22.9. The van der Waals surface area contributed by atoms with Crippen LogP contribution in [0.5, 0.6) is 0 Å². The second-order valence-corrected chi connectivity index (χ2v) is 4.55. The van der Waals surface area contributed by atoms with Crippen molar-refractivity contribution in [3.05, 3.63) is 0 Å². The van der Waals surface area contributed by atoms with E-state index >= 15 is 0 Å². The molecule has 98 valence electrons. The first-order valence-electron chi connectivity index (χ1n) is 6.17. The van der Waals surface area contributed by atoms with E-state index in [2.05, 4.69) is 5.32 Å². The second-order valence-electron chi connectivity index (χ2n) is 4.55. The number of carbonyl (C=O) groups excluding carboxylic acids is 1. The van der Waals surface area contributed by atoms with Gasteiger partial charge in [-0.25, -0.2) is 0 Å². The standard InChI is InChI=1S/C12H21NO4/c1-3-17-7-8(2)13-11(14)9-5-4-6-10(9)12(15)16/h8-10H,3-7H2,1-2H3,(H,13,14)(H,15,16). The number of hydrogen-bond acceptors (Lipinski definition) is 3. The molecule has 0 spiro atoms. The van der Waals surface area contributed by atoms with E-state index in [0.29, 0.717) is 26.1 Å². The van der Waals surface area contributed by atoms with Gasteiger partial charge in [0.25, 0.3) is 0 Å². The fraction of sp³-hybridized carbons (Fsp3) is 0.833. The molecule has 2 N–H and O–H groups in total. The van der Waals surface area contributed by atoms with Crippen LogP contribution < -0.4 is 5.32 Å². The molecule has 1 fully saturated rings. The Bertz CT molecular complexity index is 280. The summed E-state index contributed by atoms with van der Waals surface area (Å²) in [5, 5.41) is 11.8. The van der Waals surface area contributed by atoms with Crippen LogP contribution in [-0.4, -0.2) is 36.2 Å². The molecule has 5 nitrogen and oxygen atoms in total. The lowest BCUT2D eigenvalue weighted by atomic mass is 9.95. The highest BCUT2D eigenvalue weighted by Gasteiger charge is 2.37. The van der Waals surface area contributed by atoms with Gasteiger partial charge in [0, 0.05) is 12.6 Å². The van der Waals surface area contributed by atoms with Gasteiger partial charge in [-0.3, -0.25) is 9.59 Å². The summed E-state index contributed by atoms with van der Waals surface area (Å²) in [6, 6.07) is -0.0718. The average Bonchev–Trinajstić information content (AvgIpc) is 2.75. The van der Waals surface area contributed by atoms with Crippen LogP contribution >= 0.6 is 0 Å². The summed E-state index contributed by atoms with van der Waals surface area (Å²) in [5.74, 6) is -1.91. The van der Waals surface area contributed by atoms with E-state index in [1.165, 1.54) is 0 Å². The Kier molecular flexibility index (Phi) is 5.41. The fourth-order valence-electron chi connectivity index (χ4n) is 2.26. The number of ether oxygens (including phenoxy) is 1. The molecule has 1 rings (SSSR count). The maximum absolute atomic E-state index is 11.9. The third kappa shape index (κ3) is 4.00. The van der Waals surface area contributed by atoms with Crippen LogP contribution in [0.15, 0.2) is 0 Å². The molecule has 0 aromatic heterocycles. The van der Waals surface area contributed by atoms with Gasteiger partial charge >= 0.3 is 5.97 Å². The van der Waals surface area contributed by atoms with Gasteiger partial charge < -0.3 is 15.2 Å². The summed E-state index contributed by atoms with van der Waals surface area (Å²) < 4.78 is 5.20. The highest BCUT2D eigenvalue weighted by molar-refractivity contribution is 5.85. The van der Waals surface area contributed by atoms with E-state index in [-0.39, 0.29) is 17.9 Å². The largest absolute Gasteiger partial charge is 0.481 e. The zero-order valence-corrected chi connectivity index (χ0v) is 10.4. The van der Waals surface area contributed by atoms with Crippen LogP contribution in [0.3, 0.4) is 0 Å². The van der Waals surface area contributed by atoms with E-state index in [1.807, 2.05) is 13.8 Å². The van der Waals surface area contributed by atoms with Crippen LogP contribution in [0, 0.1) is 11.8 Å². The average molecular weight is 243 g/mol. The van der Waals surface area contributed by atoms with Crippen molar-refractivity contribution in [2.24, 2.45) is 11.8 Å². The highest BCUT2D eigenvalue weighted by Crippen LogP contribution is 2.32. The van der Waals surface area contributed by atoms with Gasteiger partial charge in [-0.2, -0.15) is 0 Å². The molecule has 0 aliphatic heterocycles. The third-order valence-electron chi connectivity index (χ3n) is 3.13. The van der Waals surface area contributed by atoms with E-state index < -0.39 is 11.9 Å². The summed E-state index contributed by atoms with van der Waals surface area (Å²) in [7, 11) is 0. The van der Waals surface area contributed by atoms with E-state index in [0.717, 1.165) is 6.42 Å². The smallest absolute Gasteiger partial charge is 0.307 e. The molecule has 1 aliphatic carbocycles. The van der Waals surface area contributed by atoms with Gasteiger partial charge in [0.05, 0.1) is 18.4 Å². The number of rotatable bonds is 6. The molecule has 1 saturated carbocycles. The molecule has 0 radical (unpaired) electrons. The number of carboxylic acids is 1. The molecule has 17 heavy (non-hydrogen) atoms. The fourth-order valence-corrected chi connectivity index (χ4v) is 2.26. The number of carboxylic acid groups (broad SMARTS) is 1. The molecule has 1 aliphatic rings.